The Labute approximate surface area is 130 Å². The van der Waals surface area contributed by atoms with Gasteiger partial charge in [0.15, 0.2) is 11.1 Å². The lowest BCUT2D eigenvalue weighted by Crippen LogP contribution is -2.19. The summed E-state index contributed by atoms with van der Waals surface area (Å²) < 4.78 is 13.8. The van der Waals surface area contributed by atoms with Gasteiger partial charge in [-0.1, -0.05) is 25.3 Å². The zero-order valence-corrected chi connectivity index (χ0v) is 11.9. The van der Waals surface area contributed by atoms with E-state index in [1.807, 2.05) is 0 Å². The Morgan fingerprint density at radius 1 is 0.783 bits per heavy atom. The molecule has 0 aliphatic carbocycles. The highest BCUT2D eigenvalue weighted by molar-refractivity contribution is 6.14. The molecule has 0 fully saturated rings. The maximum Gasteiger partial charge on any atom is 0.349 e. The maximum atomic E-state index is 11.7. The van der Waals surface area contributed by atoms with Crippen molar-refractivity contribution in [1.29, 1.82) is 0 Å². The van der Waals surface area contributed by atoms with Crippen molar-refractivity contribution in [3.63, 3.8) is 0 Å². The summed E-state index contributed by atoms with van der Waals surface area (Å²) in [5, 5.41) is 17.2. The third-order valence-corrected chi connectivity index (χ3v) is 1.94. The number of ether oxygens (including phenoxy) is 3. The number of carbonyl (C=O) groups excluding carboxylic acids is 2. The molecule has 0 spiro atoms. The third-order valence-electron chi connectivity index (χ3n) is 1.94. The van der Waals surface area contributed by atoms with Gasteiger partial charge in [-0.05, 0) is 0 Å². The zero-order chi connectivity index (χ0) is 17.8. The van der Waals surface area contributed by atoms with Crippen molar-refractivity contribution < 1.29 is 43.6 Å². The molecule has 0 aliphatic rings. The average molecular weight is 326 g/mol. The summed E-state index contributed by atoms with van der Waals surface area (Å²) in [4.78, 5) is 44.5. The zero-order valence-electron chi connectivity index (χ0n) is 11.9. The van der Waals surface area contributed by atoms with E-state index in [-0.39, 0.29) is 13.2 Å². The van der Waals surface area contributed by atoms with Crippen LogP contribution in [-0.4, -0.2) is 47.3 Å². The van der Waals surface area contributed by atoms with Crippen molar-refractivity contribution in [3.05, 3.63) is 49.0 Å². The number of carbonyl (C=O) groups is 4. The monoisotopic (exact) mass is 326 g/mol. The van der Waals surface area contributed by atoms with Crippen LogP contribution in [0.4, 0.5) is 0 Å². The van der Waals surface area contributed by atoms with Gasteiger partial charge < -0.3 is 24.4 Å². The second kappa shape index (κ2) is 10.4. The quantitative estimate of drug-likeness (QED) is 0.146. The number of carboxylic acid groups (broad SMARTS) is 2. The fraction of sp³-hybridized carbons (Fsp3) is 0.143. The molecule has 9 heteroatoms. The van der Waals surface area contributed by atoms with Gasteiger partial charge in [0.2, 0.25) is 0 Å². The first-order valence-electron chi connectivity index (χ1n) is 5.93. The molecule has 0 saturated carbocycles. The van der Waals surface area contributed by atoms with Gasteiger partial charge in [-0.15, -0.1) is 0 Å². The van der Waals surface area contributed by atoms with E-state index in [1.54, 1.807) is 0 Å². The lowest BCUT2D eigenvalue weighted by atomic mass is 10.3. The van der Waals surface area contributed by atoms with Crippen molar-refractivity contribution in [2.45, 2.75) is 0 Å². The second-order valence-corrected chi connectivity index (χ2v) is 3.58. The minimum absolute atomic E-state index is 0.198. The van der Waals surface area contributed by atoms with E-state index in [4.69, 9.17) is 10.2 Å². The van der Waals surface area contributed by atoms with Crippen molar-refractivity contribution in [2.24, 2.45) is 0 Å². The van der Waals surface area contributed by atoms with Crippen molar-refractivity contribution >= 4 is 23.9 Å². The Balaban J connectivity index is 5.28. The van der Waals surface area contributed by atoms with Crippen LogP contribution in [0.3, 0.4) is 0 Å². The van der Waals surface area contributed by atoms with Crippen LogP contribution in [0.15, 0.2) is 49.0 Å². The van der Waals surface area contributed by atoms with Crippen LogP contribution >= 0.6 is 0 Å². The van der Waals surface area contributed by atoms with Crippen LogP contribution in [0.1, 0.15) is 0 Å². The van der Waals surface area contributed by atoms with Crippen LogP contribution in [0.5, 0.6) is 0 Å². The van der Waals surface area contributed by atoms with Crippen molar-refractivity contribution in [1.82, 2.24) is 0 Å². The number of rotatable bonds is 10. The largest absolute Gasteiger partial charge is 0.477 e. The smallest absolute Gasteiger partial charge is 0.349 e. The molecule has 0 unspecified atom stereocenters. The Bertz CT molecular complexity index is 527. The highest BCUT2D eigenvalue weighted by Gasteiger charge is 2.22. The van der Waals surface area contributed by atoms with E-state index in [0.717, 1.165) is 0 Å². The molecule has 0 aromatic carbocycles. The highest BCUT2D eigenvalue weighted by atomic mass is 16.6. The van der Waals surface area contributed by atoms with E-state index in [1.165, 1.54) is 12.2 Å². The fourth-order valence-electron chi connectivity index (χ4n) is 0.967. The van der Waals surface area contributed by atoms with Crippen LogP contribution < -0.4 is 0 Å². The Kier molecular flexibility index (Phi) is 8.86. The third kappa shape index (κ3) is 7.27. The predicted molar refractivity (Wildman–Crippen MR) is 74.8 cm³/mol. The van der Waals surface area contributed by atoms with Crippen LogP contribution in [0.25, 0.3) is 0 Å². The van der Waals surface area contributed by atoms with Gasteiger partial charge in [0.25, 0.3) is 0 Å². The molecule has 124 valence electrons. The topological polar surface area (TPSA) is 136 Å². The lowest BCUT2D eigenvalue weighted by Gasteiger charge is -2.06. The minimum atomic E-state index is -1.77. The molecule has 0 aromatic heterocycles. The predicted octanol–water partition coefficient (Wildman–Crippen LogP) is 0.398. The summed E-state index contributed by atoms with van der Waals surface area (Å²) in [7, 11) is 0. The van der Waals surface area contributed by atoms with Gasteiger partial charge in [0.05, 0.1) is 0 Å². The molecule has 0 aromatic rings. The molecule has 0 aliphatic heterocycles. The molecule has 0 heterocycles. The van der Waals surface area contributed by atoms with Gasteiger partial charge in [0.1, 0.15) is 25.7 Å². The first-order valence-corrected chi connectivity index (χ1v) is 5.93. The minimum Gasteiger partial charge on any atom is -0.477 e. The second-order valence-electron chi connectivity index (χ2n) is 3.58. The molecular weight excluding hydrogens is 312 g/mol. The molecular formula is C14H14O9. The standard InChI is InChI=1S/C14H14O9/c1-3-5-22-13(19)10(14(20)23-6-4-2)8-21-7-9(11(15)16)12(17)18/h3-4,7-8H,1-2,5-6H2,(H,15,16)(H,17,18). The number of esters is 2. The molecule has 0 atom stereocenters. The van der Waals surface area contributed by atoms with Gasteiger partial charge in [-0.2, -0.15) is 0 Å². The first-order chi connectivity index (χ1) is 10.8. The van der Waals surface area contributed by atoms with Crippen molar-refractivity contribution in [3.8, 4) is 0 Å². The molecule has 9 nitrogen and oxygen atoms in total. The molecule has 2 N–H and O–H groups in total. The Morgan fingerprint density at radius 2 is 1.17 bits per heavy atom. The molecule has 0 amide bonds. The van der Waals surface area contributed by atoms with Crippen LogP contribution in [0.2, 0.25) is 0 Å². The van der Waals surface area contributed by atoms with E-state index >= 15 is 0 Å². The molecule has 0 bridgehead atoms. The summed E-state index contributed by atoms with van der Waals surface area (Å²) in [6, 6.07) is 0. The fourth-order valence-corrected chi connectivity index (χ4v) is 0.967. The number of hydrogen-bond donors (Lipinski definition) is 2. The van der Waals surface area contributed by atoms with Crippen LogP contribution in [-0.2, 0) is 33.4 Å². The molecule has 0 rings (SSSR count). The lowest BCUT2D eigenvalue weighted by molar-refractivity contribution is -0.146. The summed E-state index contributed by atoms with van der Waals surface area (Å²) in [6.07, 6.45) is 3.35. The van der Waals surface area contributed by atoms with E-state index in [9.17, 15) is 19.2 Å². The Hall–Kier alpha value is -3.36. The van der Waals surface area contributed by atoms with Crippen LogP contribution in [0, 0.1) is 0 Å². The average Bonchev–Trinajstić information content (AvgIpc) is 2.49. The summed E-state index contributed by atoms with van der Waals surface area (Å²) in [5.74, 6) is -5.79. The van der Waals surface area contributed by atoms with E-state index in [2.05, 4.69) is 27.4 Å². The molecule has 0 radical (unpaired) electrons. The van der Waals surface area contributed by atoms with E-state index in [0.29, 0.717) is 12.5 Å². The number of carboxylic acids is 2. The normalized spacial score (nSPS) is 8.87. The maximum absolute atomic E-state index is 11.7. The van der Waals surface area contributed by atoms with Gasteiger partial charge >= 0.3 is 23.9 Å². The summed E-state index contributed by atoms with van der Waals surface area (Å²) in [5.41, 5.74) is -1.82. The van der Waals surface area contributed by atoms with Gasteiger partial charge in [-0.3, -0.25) is 0 Å². The Morgan fingerprint density at radius 3 is 1.52 bits per heavy atom. The SMILES string of the molecule is C=CCOC(=O)C(=COC=C(C(=O)O)C(=O)O)C(=O)OCC=C. The van der Waals surface area contributed by atoms with E-state index < -0.39 is 35.0 Å². The van der Waals surface area contributed by atoms with Gasteiger partial charge in [0, 0.05) is 0 Å². The number of aliphatic carboxylic acids is 2. The van der Waals surface area contributed by atoms with Crippen molar-refractivity contribution in [2.75, 3.05) is 13.2 Å². The number of hydrogen-bond acceptors (Lipinski definition) is 7. The summed E-state index contributed by atoms with van der Waals surface area (Å²) in [6.45, 7) is 6.23. The molecule has 23 heavy (non-hydrogen) atoms. The first kappa shape index (κ1) is 19.6. The summed E-state index contributed by atoms with van der Waals surface area (Å²) >= 11 is 0. The molecule has 0 saturated heterocycles. The highest BCUT2D eigenvalue weighted by Crippen LogP contribution is 2.05. The van der Waals surface area contributed by atoms with Gasteiger partial charge in [-0.25, -0.2) is 19.2 Å².